The number of hydrogen-bond acceptors (Lipinski definition) is 2. The van der Waals surface area contributed by atoms with Gasteiger partial charge in [0.15, 0.2) is 0 Å². The zero-order valence-corrected chi connectivity index (χ0v) is 10.1. The topological polar surface area (TPSA) is 37.4 Å². The van der Waals surface area contributed by atoms with Crippen LogP contribution >= 0.6 is 11.6 Å². The summed E-state index contributed by atoms with van der Waals surface area (Å²) in [5, 5.41) is 0.219. The van der Waals surface area contributed by atoms with Crippen LogP contribution in [0.1, 0.15) is 6.92 Å². The smallest absolute Gasteiger partial charge is 0.304 e. The Labute approximate surface area is 96.5 Å². The molecule has 0 bridgehead atoms. The molecule has 0 radical (unpaired) electrons. The first-order chi connectivity index (χ1) is 7.06. The largest absolute Gasteiger partial charge is 0.316 e. The number of halogens is 1. The third-order valence-electron chi connectivity index (χ3n) is 1.94. The van der Waals surface area contributed by atoms with Crippen molar-refractivity contribution in [2.45, 2.75) is 6.92 Å². The van der Waals surface area contributed by atoms with Crippen molar-refractivity contribution in [2.75, 3.05) is 17.7 Å². The van der Waals surface area contributed by atoms with Gasteiger partial charge in [-0.3, -0.25) is 4.79 Å². The number of carbonyl (C=O) groups is 1. The Bertz CT molecular complexity index is 378. The van der Waals surface area contributed by atoms with Crippen molar-refractivity contribution in [3.05, 3.63) is 29.3 Å². The molecule has 0 saturated carbocycles. The molecule has 0 spiro atoms. The molecule has 3 nitrogen and oxygen atoms in total. The lowest BCUT2D eigenvalue weighted by Gasteiger charge is -2.15. The van der Waals surface area contributed by atoms with Crippen LogP contribution in [0.2, 0.25) is 5.02 Å². The Kier molecular flexibility index (Phi) is 4.29. The molecular formula is C10H12ClNO2S. The zero-order chi connectivity index (χ0) is 11.4. The average Bonchev–Trinajstić information content (AvgIpc) is 2.27. The fourth-order valence-electron chi connectivity index (χ4n) is 1.05. The van der Waals surface area contributed by atoms with Crippen molar-refractivity contribution in [1.82, 2.24) is 0 Å². The highest BCUT2D eigenvalue weighted by Crippen LogP contribution is 2.17. The van der Waals surface area contributed by atoms with E-state index in [0.717, 1.165) is 0 Å². The Balaban J connectivity index is 2.85. The van der Waals surface area contributed by atoms with Gasteiger partial charge >= 0.3 is 5.24 Å². The van der Waals surface area contributed by atoms with Crippen LogP contribution in [0.3, 0.4) is 0 Å². The minimum atomic E-state index is -1.45. The van der Waals surface area contributed by atoms with Crippen molar-refractivity contribution in [3.8, 4) is 0 Å². The molecule has 1 rings (SSSR count). The summed E-state index contributed by atoms with van der Waals surface area (Å²) >= 11 is 5.72. The van der Waals surface area contributed by atoms with E-state index in [1.807, 2.05) is 0 Å². The first-order valence-electron chi connectivity index (χ1n) is 4.48. The predicted molar refractivity (Wildman–Crippen MR) is 63.9 cm³/mol. The Morgan fingerprint density at radius 1 is 1.40 bits per heavy atom. The second-order valence-corrected chi connectivity index (χ2v) is 4.99. The third-order valence-corrected chi connectivity index (χ3v) is 3.38. The molecule has 0 saturated heterocycles. The summed E-state index contributed by atoms with van der Waals surface area (Å²) in [6.45, 7) is 1.71. The van der Waals surface area contributed by atoms with Crippen LogP contribution < -0.4 is 4.90 Å². The van der Waals surface area contributed by atoms with Crippen molar-refractivity contribution >= 4 is 33.3 Å². The van der Waals surface area contributed by atoms with E-state index in [1.54, 1.807) is 38.2 Å². The fourth-order valence-corrected chi connectivity index (χ4v) is 1.83. The molecule has 15 heavy (non-hydrogen) atoms. The second-order valence-electron chi connectivity index (χ2n) is 2.94. The first kappa shape index (κ1) is 12.2. The summed E-state index contributed by atoms with van der Waals surface area (Å²) in [5.41, 5.74) is 0.686. The molecule has 0 aliphatic heterocycles. The summed E-state index contributed by atoms with van der Waals surface area (Å²) in [7, 11) is 0.143. The number of rotatable bonds is 2. The van der Waals surface area contributed by atoms with Crippen molar-refractivity contribution in [3.63, 3.8) is 0 Å². The van der Waals surface area contributed by atoms with E-state index in [2.05, 4.69) is 0 Å². The van der Waals surface area contributed by atoms with E-state index in [-0.39, 0.29) is 5.24 Å². The maximum absolute atomic E-state index is 11.6. The number of anilines is 1. The normalized spacial score (nSPS) is 12.2. The Hall–Kier alpha value is -0.870. The van der Waals surface area contributed by atoms with Gasteiger partial charge in [-0.2, -0.15) is 0 Å². The van der Waals surface area contributed by atoms with E-state index in [1.165, 1.54) is 4.90 Å². The molecular weight excluding hydrogens is 234 g/mol. The van der Waals surface area contributed by atoms with Gasteiger partial charge in [-0.05, 0) is 24.3 Å². The van der Waals surface area contributed by atoms with Gasteiger partial charge in [-0.25, -0.2) is 4.21 Å². The molecule has 0 aliphatic rings. The molecule has 0 heterocycles. The van der Waals surface area contributed by atoms with Crippen LogP contribution in [-0.4, -0.2) is 22.2 Å². The van der Waals surface area contributed by atoms with Gasteiger partial charge in [0.2, 0.25) is 0 Å². The molecule has 1 aromatic rings. The van der Waals surface area contributed by atoms with E-state index >= 15 is 0 Å². The van der Waals surface area contributed by atoms with Crippen LogP contribution in [0, 0.1) is 0 Å². The second kappa shape index (κ2) is 5.28. The number of amides is 1. The molecule has 0 N–H and O–H groups in total. The summed E-state index contributed by atoms with van der Waals surface area (Å²) < 4.78 is 11.3. The number of carbonyl (C=O) groups excluding carboxylic acids is 1. The average molecular weight is 246 g/mol. The highest BCUT2D eigenvalue weighted by atomic mass is 35.5. The Morgan fingerprint density at radius 3 is 2.40 bits per heavy atom. The minimum absolute atomic E-state index is 0.330. The molecule has 82 valence electrons. The quantitative estimate of drug-likeness (QED) is 0.803. The molecule has 5 heteroatoms. The molecule has 1 unspecified atom stereocenters. The van der Waals surface area contributed by atoms with E-state index < -0.39 is 10.8 Å². The molecule has 0 aromatic heterocycles. The minimum Gasteiger partial charge on any atom is -0.304 e. The van der Waals surface area contributed by atoms with Gasteiger partial charge in [0, 0.05) is 23.5 Å². The molecule has 0 aliphatic carbocycles. The highest BCUT2D eigenvalue weighted by molar-refractivity contribution is 8.00. The van der Waals surface area contributed by atoms with E-state index in [0.29, 0.717) is 16.5 Å². The van der Waals surface area contributed by atoms with Gasteiger partial charge in [-0.1, -0.05) is 18.5 Å². The summed E-state index contributed by atoms with van der Waals surface area (Å²) in [6.07, 6.45) is 0. The summed E-state index contributed by atoms with van der Waals surface area (Å²) in [4.78, 5) is 12.9. The van der Waals surface area contributed by atoms with Crippen LogP contribution in [0.4, 0.5) is 10.5 Å². The Morgan fingerprint density at radius 2 is 1.93 bits per heavy atom. The standard InChI is InChI=1S/C10H12ClNO2S/c1-3-15(14)10(13)12(2)9-6-4-8(11)5-7-9/h4-7H,3H2,1-2H3. The van der Waals surface area contributed by atoms with Crippen molar-refractivity contribution in [2.24, 2.45) is 0 Å². The van der Waals surface area contributed by atoms with Crippen LogP contribution in [0.15, 0.2) is 24.3 Å². The van der Waals surface area contributed by atoms with Crippen LogP contribution in [0.25, 0.3) is 0 Å². The predicted octanol–water partition coefficient (Wildman–Crippen LogP) is 2.66. The summed E-state index contributed by atoms with van der Waals surface area (Å²) in [6, 6.07) is 6.81. The van der Waals surface area contributed by atoms with Gasteiger partial charge < -0.3 is 4.90 Å². The lowest BCUT2D eigenvalue weighted by atomic mass is 10.3. The van der Waals surface area contributed by atoms with Gasteiger partial charge in [-0.15, -0.1) is 0 Å². The van der Waals surface area contributed by atoms with Crippen LogP contribution in [0.5, 0.6) is 0 Å². The maximum Gasteiger partial charge on any atom is 0.316 e. The number of benzene rings is 1. The third kappa shape index (κ3) is 3.04. The lowest BCUT2D eigenvalue weighted by Crippen LogP contribution is -2.29. The molecule has 1 atom stereocenters. The van der Waals surface area contributed by atoms with Gasteiger partial charge in [0.25, 0.3) is 0 Å². The van der Waals surface area contributed by atoms with E-state index in [9.17, 15) is 9.00 Å². The maximum atomic E-state index is 11.6. The molecule has 0 fully saturated rings. The molecule has 1 aromatic carbocycles. The van der Waals surface area contributed by atoms with Crippen LogP contribution in [-0.2, 0) is 10.8 Å². The molecule has 1 amide bonds. The monoisotopic (exact) mass is 245 g/mol. The summed E-state index contributed by atoms with van der Waals surface area (Å²) in [5.74, 6) is 0.330. The fraction of sp³-hybridized carbons (Fsp3) is 0.300. The highest BCUT2D eigenvalue weighted by Gasteiger charge is 2.16. The van der Waals surface area contributed by atoms with Crippen molar-refractivity contribution in [1.29, 1.82) is 0 Å². The van der Waals surface area contributed by atoms with Gasteiger partial charge in [0.05, 0.1) is 0 Å². The number of hydrogen-bond donors (Lipinski definition) is 0. The van der Waals surface area contributed by atoms with Gasteiger partial charge in [0.1, 0.15) is 10.8 Å². The first-order valence-corrected chi connectivity index (χ1v) is 6.17. The van der Waals surface area contributed by atoms with Crippen molar-refractivity contribution < 1.29 is 9.00 Å². The van der Waals surface area contributed by atoms with E-state index in [4.69, 9.17) is 11.6 Å². The number of nitrogens with zero attached hydrogens (tertiary/aromatic N) is 1. The zero-order valence-electron chi connectivity index (χ0n) is 8.57. The lowest BCUT2D eigenvalue weighted by molar-refractivity contribution is 0.265. The SMILES string of the molecule is CCS(=O)C(=O)N(C)c1ccc(Cl)cc1.